The van der Waals surface area contributed by atoms with Gasteiger partial charge in [-0.1, -0.05) is 55.2 Å². The molecule has 4 rings (SSSR count). The van der Waals surface area contributed by atoms with Gasteiger partial charge in [0.15, 0.2) is 12.0 Å². The first-order valence-electron chi connectivity index (χ1n) is 12.6. The number of nitrogens with one attached hydrogen (secondary N) is 3. The quantitative estimate of drug-likeness (QED) is 0.293. The average Bonchev–Trinajstić information content (AvgIpc) is 3.41. The normalized spacial score (nSPS) is 19.6. The number of sulfonamides is 1. The zero-order chi connectivity index (χ0) is 29.2. The highest BCUT2D eigenvalue weighted by molar-refractivity contribution is 7.89. The predicted octanol–water partition coefficient (Wildman–Crippen LogP) is 4.92. The van der Waals surface area contributed by atoms with Gasteiger partial charge in [-0.2, -0.15) is 4.72 Å². The van der Waals surface area contributed by atoms with Crippen molar-refractivity contribution in [2.45, 2.75) is 63.2 Å². The molecule has 9 nitrogen and oxygen atoms in total. The van der Waals surface area contributed by atoms with Gasteiger partial charge < -0.3 is 20.1 Å². The van der Waals surface area contributed by atoms with Crippen LogP contribution in [0.5, 0.6) is 0 Å². The minimum Gasteiger partial charge on any atom is -0.352 e. The molecular formula is C27H31Cl2N3O6S2. The van der Waals surface area contributed by atoms with Crippen molar-refractivity contribution in [1.29, 1.82) is 0 Å². The van der Waals surface area contributed by atoms with E-state index in [2.05, 4.69) is 15.4 Å². The third-order valence-corrected chi connectivity index (χ3v) is 9.35. The van der Waals surface area contributed by atoms with E-state index in [1.807, 2.05) is 38.1 Å². The third-order valence-electron chi connectivity index (χ3n) is 6.09. The Kier molecular flexibility index (Phi) is 9.45. The zero-order valence-electron chi connectivity index (χ0n) is 22.4. The van der Waals surface area contributed by atoms with E-state index < -0.39 is 40.1 Å². The Bertz CT molecular complexity index is 1480. The second kappa shape index (κ2) is 12.3. The van der Waals surface area contributed by atoms with Crippen molar-refractivity contribution >= 4 is 66.5 Å². The molecule has 1 aliphatic heterocycles. The number of rotatable bonds is 10. The SMILES string of the molecule is CC(C)C[C@H](NC(=O)c1cc2ccccc2s1)C(=O)NC[C@H]1OC(C)(C)OC1NS(=O)(=O)c1ccc(Cl)cc1Cl. The van der Waals surface area contributed by atoms with Crippen LogP contribution in [-0.2, 0) is 24.3 Å². The molecule has 0 radical (unpaired) electrons. The summed E-state index contributed by atoms with van der Waals surface area (Å²) in [6, 6.07) is 12.7. The number of carbonyl (C=O) groups is 2. The average molecular weight is 629 g/mol. The fourth-order valence-corrected chi connectivity index (χ4v) is 7.22. The van der Waals surface area contributed by atoms with Crippen LogP contribution in [0.1, 0.15) is 43.8 Å². The van der Waals surface area contributed by atoms with E-state index in [1.165, 1.54) is 29.5 Å². The largest absolute Gasteiger partial charge is 0.352 e. The lowest BCUT2D eigenvalue weighted by Crippen LogP contribution is -2.51. The Morgan fingerprint density at radius 2 is 1.80 bits per heavy atom. The molecule has 0 aliphatic carbocycles. The van der Waals surface area contributed by atoms with Gasteiger partial charge in [-0.3, -0.25) is 9.59 Å². The summed E-state index contributed by atoms with van der Waals surface area (Å²) >= 11 is 13.4. The summed E-state index contributed by atoms with van der Waals surface area (Å²) in [7, 11) is -4.12. The minimum absolute atomic E-state index is 0.0473. The van der Waals surface area contributed by atoms with Crippen LogP contribution in [0, 0.1) is 5.92 Å². The maximum Gasteiger partial charge on any atom is 0.262 e. The van der Waals surface area contributed by atoms with Gasteiger partial charge in [0, 0.05) is 16.3 Å². The van der Waals surface area contributed by atoms with Crippen molar-refractivity contribution in [2.75, 3.05) is 6.54 Å². The van der Waals surface area contributed by atoms with E-state index in [4.69, 9.17) is 32.7 Å². The van der Waals surface area contributed by atoms with Crippen LogP contribution in [0.4, 0.5) is 0 Å². The van der Waals surface area contributed by atoms with Crippen molar-refractivity contribution in [3.63, 3.8) is 0 Å². The van der Waals surface area contributed by atoms with Crippen molar-refractivity contribution in [1.82, 2.24) is 15.4 Å². The van der Waals surface area contributed by atoms with Gasteiger partial charge in [-0.25, -0.2) is 8.42 Å². The summed E-state index contributed by atoms with van der Waals surface area (Å²) in [5.74, 6) is -1.76. The number of benzene rings is 2. The Labute approximate surface area is 247 Å². The van der Waals surface area contributed by atoms with E-state index in [0.717, 1.165) is 10.1 Å². The highest BCUT2D eigenvalue weighted by Crippen LogP contribution is 2.30. The Morgan fingerprint density at radius 1 is 1.07 bits per heavy atom. The lowest BCUT2D eigenvalue weighted by molar-refractivity contribution is -0.147. The lowest BCUT2D eigenvalue weighted by Gasteiger charge is -2.23. The molecule has 1 unspecified atom stereocenters. The van der Waals surface area contributed by atoms with Crippen molar-refractivity contribution in [3.05, 3.63) is 63.5 Å². The molecule has 40 heavy (non-hydrogen) atoms. The number of carbonyl (C=O) groups excluding carboxylic acids is 2. The molecular weight excluding hydrogens is 597 g/mol. The number of amides is 2. The number of fused-ring (bicyclic) bond motifs is 1. The smallest absolute Gasteiger partial charge is 0.262 e. The molecule has 2 heterocycles. The number of hydrogen-bond donors (Lipinski definition) is 3. The molecule has 0 spiro atoms. The fraction of sp³-hybridized carbons (Fsp3) is 0.407. The first-order chi connectivity index (χ1) is 18.7. The number of ether oxygens (including phenoxy) is 2. The second-order valence-corrected chi connectivity index (χ2v) is 13.9. The van der Waals surface area contributed by atoms with Crippen LogP contribution in [0.3, 0.4) is 0 Å². The Balaban J connectivity index is 1.44. The maximum atomic E-state index is 13.2. The van der Waals surface area contributed by atoms with Gasteiger partial charge in [-0.05, 0) is 61.9 Å². The van der Waals surface area contributed by atoms with Gasteiger partial charge in [0.2, 0.25) is 15.9 Å². The van der Waals surface area contributed by atoms with Crippen LogP contribution in [0.2, 0.25) is 10.0 Å². The summed E-state index contributed by atoms with van der Waals surface area (Å²) in [4.78, 5) is 26.6. The topological polar surface area (TPSA) is 123 Å². The summed E-state index contributed by atoms with van der Waals surface area (Å²) in [5.41, 5.74) is 0. The van der Waals surface area contributed by atoms with E-state index in [-0.39, 0.29) is 28.3 Å². The van der Waals surface area contributed by atoms with Crippen LogP contribution < -0.4 is 15.4 Å². The van der Waals surface area contributed by atoms with Crippen LogP contribution in [-0.4, -0.2) is 50.9 Å². The molecule has 13 heteroatoms. The Hall–Kier alpha value is -2.25. The maximum absolute atomic E-state index is 13.2. The lowest BCUT2D eigenvalue weighted by atomic mass is 10.0. The first kappa shape index (κ1) is 30.7. The summed E-state index contributed by atoms with van der Waals surface area (Å²) < 4.78 is 41.2. The molecule has 216 valence electrons. The second-order valence-electron chi connectivity index (χ2n) is 10.3. The van der Waals surface area contributed by atoms with Crippen molar-refractivity contribution in [2.24, 2.45) is 5.92 Å². The van der Waals surface area contributed by atoms with Gasteiger partial charge in [0.1, 0.15) is 17.0 Å². The van der Waals surface area contributed by atoms with Gasteiger partial charge >= 0.3 is 0 Å². The minimum atomic E-state index is -4.12. The molecule has 2 aromatic carbocycles. The predicted molar refractivity (Wildman–Crippen MR) is 156 cm³/mol. The number of thiophene rings is 1. The molecule has 1 fully saturated rings. The van der Waals surface area contributed by atoms with Crippen LogP contribution in [0.25, 0.3) is 10.1 Å². The highest BCUT2D eigenvalue weighted by atomic mass is 35.5. The third kappa shape index (κ3) is 7.52. The molecule has 1 saturated heterocycles. The van der Waals surface area contributed by atoms with Crippen LogP contribution >= 0.6 is 34.5 Å². The van der Waals surface area contributed by atoms with Gasteiger partial charge in [0.25, 0.3) is 5.91 Å². The van der Waals surface area contributed by atoms with Crippen molar-refractivity contribution in [3.8, 4) is 0 Å². The highest BCUT2D eigenvalue weighted by Gasteiger charge is 2.44. The molecule has 1 aromatic heterocycles. The van der Waals surface area contributed by atoms with E-state index in [1.54, 1.807) is 19.9 Å². The summed E-state index contributed by atoms with van der Waals surface area (Å²) in [6.45, 7) is 7.11. The number of halogens is 2. The van der Waals surface area contributed by atoms with E-state index in [9.17, 15) is 18.0 Å². The number of hydrogen-bond acceptors (Lipinski definition) is 7. The van der Waals surface area contributed by atoms with E-state index >= 15 is 0 Å². The van der Waals surface area contributed by atoms with E-state index in [0.29, 0.717) is 16.3 Å². The van der Waals surface area contributed by atoms with Crippen molar-refractivity contribution < 1.29 is 27.5 Å². The molecule has 0 bridgehead atoms. The molecule has 0 saturated carbocycles. The summed E-state index contributed by atoms with van der Waals surface area (Å²) in [6.07, 6.45) is -1.58. The molecule has 3 atom stereocenters. The van der Waals surface area contributed by atoms with Gasteiger partial charge in [-0.15, -0.1) is 11.3 Å². The monoisotopic (exact) mass is 627 g/mol. The van der Waals surface area contributed by atoms with Gasteiger partial charge in [0.05, 0.1) is 9.90 Å². The molecule has 3 aromatic rings. The molecule has 3 N–H and O–H groups in total. The fourth-order valence-electron chi connectivity index (χ4n) is 4.34. The standard InChI is InChI=1S/C27H31Cl2N3O6S2/c1-15(2)11-19(31-25(34)22-12-16-7-5-6-8-21(16)39-22)24(33)30-14-20-26(38-27(3,4)37-20)32-40(35,36)23-10-9-17(28)13-18(23)29/h5-10,12-13,15,19-20,26,32H,11,14H2,1-4H3,(H,30,33)(H,31,34)/t19-,20+,26?/m0/s1. The molecule has 2 amide bonds. The van der Waals surface area contributed by atoms with Crippen LogP contribution in [0.15, 0.2) is 53.4 Å². The first-order valence-corrected chi connectivity index (χ1v) is 15.7. The summed E-state index contributed by atoms with van der Waals surface area (Å²) in [5, 5.41) is 6.84. The molecule has 1 aliphatic rings. The Morgan fingerprint density at radius 3 is 2.48 bits per heavy atom. The zero-order valence-corrected chi connectivity index (χ0v) is 25.5.